The summed E-state index contributed by atoms with van der Waals surface area (Å²) in [7, 11) is 1.89. The highest BCUT2D eigenvalue weighted by atomic mass is 35.5. The normalized spacial score (nSPS) is 12.7. The van der Waals surface area contributed by atoms with E-state index in [4.69, 9.17) is 17.3 Å². The highest BCUT2D eigenvalue weighted by Gasteiger charge is 2.18. The average Bonchev–Trinajstić information content (AvgIpc) is 2.67. The van der Waals surface area contributed by atoms with Gasteiger partial charge in [-0.05, 0) is 24.5 Å². The molecule has 1 atom stereocenters. The summed E-state index contributed by atoms with van der Waals surface area (Å²) in [6.45, 7) is 6.22. The standard InChI is InChI=1S/C15H21ClN4/c1-9(2)14-13(17)15(20(4)19-14)18-10(3)11-7-5-6-8-12(11)16/h5-10,18H,17H2,1-4H3. The third-order valence-corrected chi connectivity index (χ3v) is 3.73. The Morgan fingerprint density at radius 1 is 1.25 bits per heavy atom. The molecule has 3 N–H and O–H groups in total. The van der Waals surface area contributed by atoms with Crippen molar-refractivity contribution in [2.75, 3.05) is 11.1 Å². The number of nitrogens with zero attached hydrogens (tertiary/aromatic N) is 2. The summed E-state index contributed by atoms with van der Waals surface area (Å²) in [6, 6.07) is 7.86. The van der Waals surface area contributed by atoms with Crippen LogP contribution < -0.4 is 11.1 Å². The van der Waals surface area contributed by atoms with Gasteiger partial charge in [0.05, 0.1) is 17.4 Å². The second-order valence-electron chi connectivity index (χ2n) is 5.31. The highest BCUT2D eigenvalue weighted by molar-refractivity contribution is 6.31. The molecule has 0 fully saturated rings. The molecule has 0 bridgehead atoms. The lowest BCUT2D eigenvalue weighted by molar-refractivity contribution is 0.708. The molecule has 2 rings (SSSR count). The van der Waals surface area contributed by atoms with Crippen LogP contribution in [-0.2, 0) is 7.05 Å². The van der Waals surface area contributed by atoms with E-state index in [9.17, 15) is 0 Å². The lowest BCUT2D eigenvalue weighted by Gasteiger charge is -2.17. The molecule has 0 radical (unpaired) electrons. The smallest absolute Gasteiger partial charge is 0.148 e. The van der Waals surface area contributed by atoms with Crippen LogP contribution in [-0.4, -0.2) is 9.78 Å². The van der Waals surface area contributed by atoms with Crippen molar-refractivity contribution < 1.29 is 0 Å². The van der Waals surface area contributed by atoms with E-state index in [1.54, 1.807) is 4.68 Å². The van der Waals surface area contributed by atoms with Crippen LogP contribution in [0, 0.1) is 0 Å². The van der Waals surface area contributed by atoms with Crippen molar-refractivity contribution >= 4 is 23.1 Å². The summed E-state index contributed by atoms with van der Waals surface area (Å²) in [5.41, 5.74) is 8.86. The van der Waals surface area contributed by atoms with E-state index in [1.165, 1.54) is 0 Å². The van der Waals surface area contributed by atoms with Crippen LogP contribution in [0.4, 0.5) is 11.5 Å². The van der Waals surface area contributed by atoms with Gasteiger partial charge in [0.25, 0.3) is 0 Å². The minimum absolute atomic E-state index is 0.0569. The Hall–Kier alpha value is -1.68. The lowest BCUT2D eigenvalue weighted by atomic mass is 10.1. The number of aryl methyl sites for hydroxylation is 1. The second kappa shape index (κ2) is 5.75. The number of hydrogen-bond donors (Lipinski definition) is 2. The Morgan fingerprint density at radius 2 is 1.90 bits per heavy atom. The summed E-state index contributed by atoms with van der Waals surface area (Å²) in [5.74, 6) is 1.13. The van der Waals surface area contributed by atoms with Gasteiger partial charge in [0.2, 0.25) is 0 Å². The molecule has 4 nitrogen and oxygen atoms in total. The van der Waals surface area contributed by atoms with Gasteiger partial charge in [-0.1, -0.05) is 43.6 Å². The van der Waals surface area contributed by atoms with Crippen molar-refractivity contribution in [2.45, 2.75) is 32.7 Å². The van der Waals surface area contributed by atoms with Crippen LogP contribution >= 0.6 is 11.6 Å². The molecule has 108 valence electrons. The maximum atomic E-state index is 6.23. The van der Waals surface area contributed by atoms with E-state index in [0.29, 0.717) is 11.6 Å². The quantitative estimate of drug-likeness (QED) is 0.897. The molecule has 0 amide bonds. The molecule has 0 saturated carbocycles. The van der Waals surface area contributed by atoms with Gasteiger partial charge in [0, 0.05) is 12.1 Å². The molecule has 0 aliphatic rings. The first kappa shape index (κ1) is 14.7. The number of nitrogens with one attached hydrogen (secondary N) is 1. The molecule has 5 heteroatoms. The first-order valence-corrected chi connectivity index (χ1v) is 7.13. The highest BCUT2D eigenvalue weighted by Crippen LogP contribution is 2.31. The summed E-state index contributed by atoms with van der Waals surface area (Å²) >= 11 is 6.23. The number of anilines is 2. The van der Waals surface area contributed by atoms with E-state index < -0.39 is 0 Å². The number of nitrogens with two attached hydrogens (primary N) is 1. The number of aromatic nitrogens is 2. The molecule has 2 aromatic rings. The van der Waals surface area contributed by atoms with E-state index in [0.717, 1.165) is 22.1 Å². The molecule has 20 heavy (non-hydrogen) atoms. The molecule has 0 spiro atoms. The Kier molecular flexibility index (Phi) is 4.23. The average molecular weight is 293 g/mol. The summed E-state index contributed by atoms with van der Waals surface area (Å²) in [4.78, 5) is 0. The van der Waals surface area contributed by atoms with Crippen LogP contribution in [0.3, 0.4) is 0 Å². The minimum atomic E-state index is 0.0569. The molecule has 1 heterocycles. The number of halogens is 1. The molecule has 0 saturated heterocycles. The molecule has 1 aromatic carbocycles. The number of hydrogen-bond acceptors (Lipinski definition) is 3. The molecule has 0 aliphatic heterocycles. The Bertz CT molecular complexity index is 604. The minimum Gasteiger partial charge on any atom is -0.394 e. The van der Waals surface area contributed by atoms with Gasteiger partial charge in [-0.25, -0.2) is 0 Å². The summed E-state index contributed by atoms with van der Waals surface area (Å²) in [5, 5.41) is 8.62. The van der Waals surface area contributed by atoms with Gasteiger partial charge in [0.15, 0.2) is 0 Å². The van der Waals surface area contributed by atoms with Crippen molar-refractivity contribution in [1.82, 2.24) is 9.78 Å². The Morgan fingerprint density at radius 3 is 2.45 bits per heavy atom. The first-order valence-electron chi connectivity index (χ1n) is 6.75. The van der Waals surface area contributed by atoms with Crippen LogP contribution in [0.5, 0.6) is 0 Å². The number of nitrogen functional groups attached to an aromatic ring is 1. The SMILES string of the molecule is CC(C)c1nn(C)c(NC(C)c2ccccc2Cl)c1N. The van der Waals surface area contributed by atoms with Gasteiger partial charge in [-0.3, -0.25) is 4.68 Å². The van der Waals surface area contributed by atoms with Crippen LogP contribution in [0.2, 0.25) is 5.02 Å². The zero-order chi connectivity index (χ0) is 14.9. The maximum absolute atomic E-state index is 6.23. The molecule has 1 unspecified atom stereocenters. The maximum Gasteiger partial charge on any atom is 0.148 e. The van der Waals surface area contributed by atoms with Crippen LogP contribution in [0.1, 0.15) is 44.0 Å². The third-order valence-electron chi connectivity index (χ3n) is 3.38. The van der Waals surface area contributed by atoms with Crippen LogP contribution in [0.15, 0.2) is 24.3 Å². The van der Waals surface area contributed by atoms with E-state index in [-0.39, 0.29) is 6.04 Å². The van der Waals surface area contributed by atoms with Crippen molar-refractivity contribution in [2.24, 2.45) is 7.05 Å². The molecule has 0 aliphatic carbocycles. The van der Waals surface area contributed by atoms with Gasteiger partial charge >= 0.3 is 0 Å². The molecular formula is C15H21ClN4. The predicted octanol–water partition coefficient (Wildman–Crippen LogP) is 3.95. The van der Waals surface area contributed by atoms with Crippen molar-refractivity contribution in [3.8, 4) is 0 Å². The third kappa shape index (κ3) is 2.75. The predicted molar refractivity (Wildman–Crippen MR) is 85.2 cm³/mol. The zero-order valence-corrected chi connectivity index (χ0v) is 13.1. The lowest BCUT2D eigenvalue weighted by Crippen LogP contribution is -2.11. The van der Waals surface area contributed by atoms with Crippen molar-refractivity contribution in [1.29, 1.82) is 0 Å². The van der Waals surface area contributed by atoms with Crippen molar-refractivity contribution in [3.05, 3.63) is 40.5 Å². The Labute approximate surface area is 124 Å². The largest absolute Gasteiger partial charge is 0.394 e. The van der Waals surface area contributed by atoms with Gasteiger partial charge in [0.1, 0.15) is 5.82 Å². The summed E-state index contributed by atoms with van der Waals surface area (Å²) < 4.78 is 1.79. The Balaban J connectivity index is 2.29. The van der Waals surface area contributed by atoms with E-state index in [1.807, 2.05) is 31.3 Å². The summed E-state index contributed by atoms with van der Waals surface area (Å²) in [6.07, 6.45) is 0. The topological polar surface area (TPSA) is 55.9 Å². The van der Waals surface area contributed by atoms with Gasteiger partial charge in [-0.2, -0.15) is 5.10 Å². The van der Waals surface area contributed by atoms with Gasteiger partial charge in [-0.15, -0.1) is 0 Å². The van der Waals surface area contributed by atoms with E-state index >= 15 is 0 Å². The molecular weight excluding hydrogens is 272 g/mol. The van der Waals surface area contributed by atoms with Crippen molar-refractivity contribution in [3.63, 3.8) is 0 Å². The number of benzene rings is 1. The van der Waals surface area contributed by atoms with Crippen LogP contribution in [0.25, 0.3) is 0 Å². The zero-order valence-electron chi connectivity index (χ0n) is 12.3. The van der Waals surface area contributed by atoms with E-state index in [2.05, 4.69) is 31.2 Å². The first-order chi connectivity index (χ1) is 9.41. The fraction of sp³-hybridized carbons (Fsp3) is 0.400. The number of rotatable bonds is 4. The fourth-order valence-corrected chi connectivity index (χ4v) is 2.57. The monoisotopic (exact) mass is 292 g/mol. The van der Waals surface area contributed by atoms with Gasteiger partial charge < -0.3 is 11.1 Å². The fourth-order valence-electron chi connectivity index (χ4n) is 2.27. The molecule has 1 aromatic heterocycles. The second-order valence-corrected chi connectivity index (χ2v) is 5.72.